The molecular weight excluding hydrogens is 252 g/mol. The molecule has 0 spiro atoms. The number of piperidine rings is 1. The van der Waals surface area contributed by atoms with Crippen LogP contribution in [-0.4, -0.2) is 48.2 Å². The van der Waals surface area contributed by atoms with E-state index in [-0.39, 0.29) is 0 Å². The zero-order chi connectivity index (χ0) is 13.9. The summed E-state index contributed by atoms with van der Waals surface area (Å²) in [7, 11) is 0. The Kier molecular flexibility index (Phi) is 4.03. The van der Waals surface area contributed by atoms with Gasteiger partial charge in [0.15, 0.2) is 0 Å². The molecule has 0 amide bonds. The van der Waals surface area contributed by atoms with Gasteiger partial charge >= 0.3 is 5.97 Å². The third-order valence-corrected chi connectivity index (χ3v) is 4.71. The minimum absolute atomic E-state index is 0.421. The first-order valence-corrected chi connectivity index (χ1v) is 7.48. The number of benzene rings is 1. The van der Waals surface area contributed by atoms with Gasteiger partial charge in [-0.15, -0.1) is 0 Å². The van der Waals surface area contributed by atoms with E-state index in [1.54, 1.807) is 0 Å². The Labute approximate surface area is 119 Å². The second-order valence-electron chi connectivity index (χ2n) is 5.92. The average Bonchev–Trinajstić information content (AvgIpc) is 2.94. The van der Waals surface area contributed by atoms with Gasteiger partial charge in [0.1, 0.15) is 0 Å². The van der Waals surface area contributed by atoms with Gasteiger partial charge in [0.05, 0.1) is 5.92 Å². The highest BCUT2D eigenvalue weighted by Crippen LogP contribution is 2.29. The standard InChI is InChI=1S/C16H22N2O2/c19-16(20)14(12-5-2-1-3-6-12)11-18-8-4-7-13-9-17-10-15(13)18/h1-3,5-6,13-15,17H,4,7-11H2,(H,19,20). The predicted octanol–water partition coefficient (Wildman–Crippen LogP) is 1.54. The highest BCUT2D eigenvalue weighted by atomic mass is 16.4. The van der Waals surface area contributed by atoms with Crippen LogP contribution < -0.4 is 5.32 Å². The number of likely N-dealkylation sites (tertiary alicyclic amines) is 1. The quantitative estimate of drug-likeness (QED) is 0.874. The van der Waals surface area contributed by atoms with E-state index < -0.39 is 11.9 Å². The highest BCUT2D eigenvalue weighted by Gasteiger charge is 2.36. The second kappa shape index (κ2) is 5.94. The lowest BCUT2D eigenvalue weighted by Crippen LogP contribution is -2.47. The molecule has 4 nitrogen and oxygen atoms in total. The lowest BCUT2D eigenvalue weighted by Gasteiger charge is -2.38. The Hall–Kier alpha value is -1.39. The maximum absolute atomic E-state index is 11.6. The van der Waals surface area contributed by atoms with E-state index in [1.807, 2.05) is 30.3 Å². The summed E-state index contributed by atoms with van der Waals surface area (Å²) in [6.07, 6.45) is 2.46. The Morgan fingerprint density at radius 3 is 2.90 bits per heavy atom. The summed E-state index contributed by atoms with van der Waals surface area (Å²) in [6.45, 7) is 3.75. The summed E-state index contributed by atoms with van der Waals surface area (Å²) >= 11 is 0. The molecule has 2 N–H and O–H groups in total. The summed E-state index contributed by atoms with van der Waals surface area (Å²) in [5, 5.41) is 13.0. The van der Waals surface area contributed by atoms with E-state index in [9.17, 15) is 9.90 Å². The molecule has 2 aliphatic heterocycles. The van der Waals surface area contributed by atoms with E-state index >= 15 is 0 Å². The number of hydrogen-bond donors (Lipinski definition) is 2. The lowest BCUT2D eigenvalue weighted by molar-refractivity contribution is -0.139. The van der Waals surface area contributed by atoms with Crippen molar-refractivity contribution in [1.29, 1.82) is 0 Å². The summed E-state index contributed by atoms with van der Waals surface area (Å²) in [4.78, 5) is 14.0. The first-order valence-electron chi connectivity index (χ1n) is 7.48. The van der Waals surface area contributed by atoms with Gasteiger partial charge in [-0.05, 0) is 37.4 Å². The van der Waals surface area contributed by atoms with Crippen LogP contribution in [-0.2, 0) is 4.79 Å². The predicted molar refractivity (Wildman–Crippen MR) is 77.8 cm³/mol. The molecule has 1 aromatic rings. The van der Waals surface area contributed by atoms with Crippen LogP contribution in [0.25, 0.3) is 0 Å². The van der Waals surface area contributed by atoms with Crippen molar-refractivity contribution in [1.82, 2.24) is 10.2 Å². The normalized spacial score (nSPS) is 28.0. The molecule has 0 saturated carbocycles. The zero-order valence-electron chi connectivity index (χ0n) is 11.7. The van der Waals surface area contributed by atoms with Crippen molar-refractivity contribution in [2.75, 3.05) is 26.2 Å². The number of carbonyl (C=O) groups is 1. The lowest BCUT2D eigenvalue weighted by atomic mass is 9.90. The fraction of sp³-hybridized carbons (Fsp3) is 0.562. The molecule has 2 fully saturated rings. The number of nitrogens with one attached hydrogen (secondary N) is 1. The van der Waals surface area contributed by atoms with E-state index in [0.717, 1.165) is 25.2 Å². The minimum Gasteiger partial charge on any atom is -0.481 e. The molecule has 0 aromatic heterocycles. The number of carboxylic acid groups (broad SMARTS) is 1. The zero-order valence-corrected chi connectivity index (χ0v) is 11.7. The van der Waals surface area contributed by atoms with E-state index in [2.05, 4.69) is 10.2 Å². The van der Waals surface area contributed by atoms with Crippen molar-refractivity contribution in [3.63, 3.8) is 0 Å². The average molecular weight is 274 g/mol. The van der Waals surface area contributed by atoms with Crippen LogP contribution in [0.3, 0.4) is 0 Å². The molecule has 2 heterocycles. The Balaban J connectivity index is 1.75. The highest BCUT2D eigenvalue weighted by molar-refractivity contribution is 5.76. The third kappa shape index (κ3) is 2.72. The molecule has 0 bridgehead atoms. The van der Waals surface area contributed by atoms with Gasteiger partial charge in [-0.2, -0.15) is 0 Å². The summed E-state index contributed by atoms with van der Waals surface area (Å²) < 4.78 is 0. The number of aliphatic carboxylic acids is 1. The smallest absolute Gasteiger partial charge is 0.312 e. The molecule has 3 atom stereocenters. The Morgan fingerprint density at radius 2 is 2.15 bits per heavy atom. The van der Waals surface area contributed by atoms with E-state index in [4.69, 9.17) is 0 Å². The van der Waals surface area contributed by atoms with Crippen LogP contribution in [0.2, 0.25) is 0 Å². The van der Waals surface area contributed by atoms with Crippen molar-refractivity contribution >= 4 is 5.97 Å². The summed E-state index contributed by atoms with van der Waals surface area (Å²) in [6, 6.07) is 10.1. The van der Waals surface area contributed by atoms with Gasteiger partial charge in [-0.25, -0.2) is 0 Å². The molecule has 3 rings (SSSR count). The molecule has 20 heavy (non-hydrogen) atoms. The first-order chi connectivity index (χ1) is 9.75. The molecule has 4 heteroatoms. The fourth-order valence-electron chi connectivity index (χ4n) is 3.64. The van der Waals surface area contributed by atoms with Crippen molar-refractivity contribution < 1.29 is 9.90 Å². The molecular formula is C16H22N2O2. The van der Waals surface area contributed by atoms with Gasteiger partial charge in [-0.1, -0.05) is 30.3 Å². The van der Waals surface area contributed by atoms with Gasteiger partial charge in [0.25, 0.3) is 0 Å². The molecule has 0 radical (unpaired) electrons. The Bertz CT molecular complexity index is 463. The maximum Gasteiger partial charge on any atom is 0.312 e. The van der Waals surface area contributed by atoms with Crippen molar-refractivity contribution in [3.05, 3.63) is 35.9 Å². The van der Waals surface area contributed by atoms with Crippen molar-refractivity contribution in [3.8, 4) is 0 Å². The van der Waals surface area contributed by atoms with E-state index in [1.165, 1.54) is 12.8 Å². The van der Waals surface area contributed by atoms with E-state index in [0.29, 0.717) is 18.5 Å². The van der Waals surface area contributed by atoms with Crippen LogP contribution in [0.4, 0.5) is 0 Å². The van der Waals surface area contributed by atoms with Crippen LogP contribution in [0, 0.1) is 5.92 Å². The first kappa shape index (κ1) is 13.6. The van der Waals surface area contributed by atoms with Crippen LogP contribution >= 0.6 is 0 Å². The van der Waals surface area contributed by atoms with Gasteiger partial charge in [0, 0.05) is 19.1 Å². The molecule has 0 aliphatic carbocycles. The minimum atomic E-state index is -0.718. The van der Waals surface area contributed by atoms with Gasteiger partial charge in [-0.3, -0.25) is 9.69 Å². The van der Waals surface area contributed by atoms with Crippen LogP contribution in [0.15, 0.2) is 30.3 Å². The summed E-state index contributed by atoms with van der Waals surface area (Å²) in [5.74, 6) is -0.436. The van der Waals surface area contributed by atoms with Crippen LogP contribution in [0.5, 0.6) is 0 Å². The van der Waals surface area contributed by atoms with Gasteiger partial charge < -0.3 is 10.4 Å². The third-order valence-electron chi connectivity index (χ3n) is 4.71. The van der Waals surface area contributed by atoms with Crippen molar-refractivity contribution in [2.24, 2.45) is 5.92 Å². The second-order valence-corrected chi connectivity index (χ2v) is 5.92. The maximum atomic E-state index is 11.6. The SMILES string of the molecule is O=C(O)C(CN1CCCC2CNCC21)c1ccccc1. The Morgan fingerprint density at radius 1 is 1.35 bits per heavy atom. The molecule has 2 saturated heterocycles. The summed E-state index contributed by atoms with van der Waals surface area (Å²) in [5.41, 5.74) is 0.910. The number of hydrogen-bond acceptors (Lipinski definition) is 3. The number of fused-ring (bicyclic) bond motifs is 1. The number of nitrogens with zero attached hydrogens (tertiary/aromatic N) is 1. The molecule has 2 aliphatic rings. The number of carboxylic acids is 1. The van der Waals surface area contributed by atoms with Crippen molar-refractivity contribution in [2.45, 2.75) is 24.8 Å². The topological polar surface area (TPSA) is 52.6 Å². The van der Waals surface area contributed by atoms with Gasteiger partial charge in [0.2, 0.25) is 0 Å². The molecule has 108 valence electrons. The van der Waals surface area contributed by atoms with Crippen LogP contribution in [0.1, 0.15) is 24.3 Å². The number of rotatable bonds is 4. The monoisotopic (exact) mass is 274 g/mol. The molecule has 3 unspecified atom stereocenters. The fourth-order valence-corrected chi connectivity index (χ4v) is 3.64. The molecule has 1 aromatic carbocycles. The largest absolute Gasteiger partial charge is 0.481 e.